The number of unbranched alkanes of at least 4 members (excludes halogenated alkanes) is 2. The monoisotopic (exact) mass is 209 g/mol. The Hall–Kier alpha value is -1.19. The van der Waals surface area contributed by atoms with Gasteiger partial charge in [0.05, 0.1) is 6.42 Å². The first kappa shape index (κ1) is 11.9. The second-order valence-electron chi connectivity index (χ2n) is 3.66. The Balaban J connectivity index is 2.37. The van der Waals surface area contributed by atoms with Gasteiger partial charge in [0.1, 0.15) is 17.9 Å². The molecule has 0 N–H and O–H groups in total. The second-order valence-corrected chi connectivity index (χ2v) is 3.66. The van der Waals surface area contributed by atoms with Crippen molar-refractivity contribution in [1.82, 2.24) is 14.8 Å². The predicted molar refractivity (Wildman–Crippen MR) is 58.5 cm³/mol. The molecule has 84 valence electrons. The number of hydrogen-bond acceptors (Lipinski definition) is 3. The molecule has 15 heavy (non-hydrogen) atoms. The number of aryl methyl sites for hydroxylation is 1. The zero-order valence-electron chi connectivity index (χ0n) is 9.57. The fourth-order valence-corrected chi connectivity index (χ4v) is 1.53. The highest BCUT2D eigenvalue weighted by molar-refractivity contribution is 5.80. The minimum atomic E-state index is 0.270. The Morgan fingerprint density at radius 1 is 1.40 bits per heavy atom. The summed E-state index contributed by atoms with van der Waals surface area (Å²) in [6.45, 7) is 4.91. The normalized spacial score (nSPS) is 10.5. The lowest BCUT2D eigenvalue weighted by molar-refractivity contribution is -0.118. The number of nitrogens with zero attached hydrogens (tertiary/aromatic N) is 3. The van der Waals surface area contributed by atoms with Gasteiger partial charge >= 0.3 is 0 Å². The lowest BCUT2D eigenvalue weighted by Gasteiger charge is -2.02. The van der Waals surface area contributed by atoms with Crippen molar-refractivity contribution in [1.29, 1.82) is 0 Å². The van der Waals surface area contributed by atoms with Gasteiger partial charge in [-0.3, -0.25) is 4.79 Å². The van der Waals surface area contributed by atoms with E-state index >= 15 is 0 Å². The molecule has 0 saturated heterocycles. The Labute approximate surface area is 90.7 Å². The van der Waals surface area contributed by atoms with Gasteiger partial charge in [-0.05, 0) is 13.3 Å². The molecule has 0 aliphatic rings. The van der Waals surface area contributed by atoms with Gasteiger partial charge < -0.3 is 0 Å². The first-order valence-electron chi connectivity index (χ1n) is 5.66. The van der Waals surface area contributed by atoms with Crippen LogP contribution in [0.2, 0.25) is 0 Å². The van der Waals surface area contributed by atoms with Crippen LogP contribution in [0, 0.1) is 0 Å². The van der Waals surface area contributed by atoms with Crippen molar-refractivity contribution < 1.29 is 4.79 Å². The molecule has 1 aromatic rings. The van der Waals surface area contributed by atoms with E-state index in [-0.39, 0.29) is 5.78 Å². The van der Waals surface area contributed by atoms with Gasteiger partial charge in [-0.25, -0.2) is 9.67 Å². The number of carbonyl (C=O) groups excluding carboxylic acids is 1. The van der Waals surface area contributed by atoms with Crippen molar-refractivity contribution in [2.45, 2.75) is 52.5 Å². The molecule has 0 spiro atoms. The average Bonchev–Trinajstić information content (AvgIpc) is 2.65. The maximum absolute atomic E-state index is 11.6. The zero-order chi connectivity index (χ0) is 11.1. The molecule has 0 atom stereocenters. The molecule has 0 aliphatic heterocycles. The number of Topliss-reactive ketones (excluding diaryl/α,β-unsaturated/α-hetero) is 1. The van der Waals surface area contributed by atoms with Crippen molar-refractivity contribution in [2.75, 3.05) is 0 Å². The Morgan fingerprint density at radius 3 is 2.87 bits per heavy atom. The van der Waals surface area contributed by atoms with Crippen LogP contribution in [0.5, 0.6) is 0 Å². The van der Waals surface area contributed by atoms with Crippen LogP contribution >= 0.6 is 0 Å². The van der Waals surface area contributed by atoms with Crippen LogP contribution in [0.3, 0.4) is 0 Å². The molecular weight excluding hydrogens is 190 g/mol. The highest BCUT2D eigenvalue weighted by atomic mass is 16.1. The number of rotatable bonds is 7. The van der Waals surface area contributed by atoms with E-state index in [2.05, 4.69) is 17.0 Å². The van der Waals surface area contributed by atoms with E-state index in [0.29, 0.717) is 12.8 Å². The Kier molecular flexibility index (Phi) is 5.01. The maximum atomic E-state index is 11.6. The van der Waals surface area contributed by atoms with Gasteiger partial charge in [-0.2, -0.15) is 5.10 Å². The maximum Gasteiger partial charge on any atom is 0.140 e. The number of carbonyl (C=O) groups is 1. The molecule has 0 unspecified atom stereocenters. The molecule has 4 heteroatoms. The second kappa shape index (κ2) is 6.32. The number of ketones is 1. The fraction of sp³-hybridized carbons (Fsp3) is 0.727. The summed E-state index contributed by atoms with van der Waals surface area (Å²) in [6.07, 6.45) is 5.89. The third-order valence-electron chi connectivity index (χ3n) is 2.41. The molecule has 1 rings (SSSR count). The molecule has 0 amide bonds. The number of hydrogen-bond donors (Lipinski definition) is 0. The van der Waals surface area contributed by atoms with Crippen molar-refractivity contribution in [3.05, 3.63) is 12.2 Å². The Morgan fingerprint density at radius 2 is 2.20 bits per heavy atom. The number of aromatic nitrogens is 3. The van der Waals surface area contributed by atoms with E-state index in [4.69, 9.17) is 0 Å². The van der Waals surface area contributed by atoms with Crippen LogP contribution in [-0.2, 0) is 17.8 Å². The quantitative estimate of drug-likeness (QED) is 0.645. The molecular formula is C11H19N3O. The van der Waals surface area contributed by atoms with Crippen molar-refractivity contribution in [3.63, 3.8) is 0 Å². The van der Waals surface area contributed by atoms with E-state index in [0.717, 1.165) is 31.6 Å². The molecule has 0 aliphatic carbocycles. The SMILES string of the molecule is CCCCCC(=O)Cc1ncnn1CC. The van der Waals surface area contributed by atoms with Gasteiger partial charge in [-0.1, -0.05) is 19.8 Å². The molecule has 1 aromatic heterocycles. The minimum absolute atomic E-state index is 0.270. The summed E-state index contributed by atoms with van der Waals surface area (Å²) in [7, 11) is 0. The smallest absolute Gasteiger partial charge is 0.140 e. The topological polar surface area (TPSA) is 47.8 Å². The summed E-state index contributed by atoms with van der Waals surface area (Å²) in [5.41, 5.74) is 0. The van der Waals surface area contributed by atoms with Gasteiger partial charge in [0.25, 0.3) is 0 Å². The lowest BCUT2D eigenvalue weighted by Crippen LogP contribution is -2.10. The highest BCUT2D eigenvalue weighted by Gasteiger charge is 2.08. The third-order valence-corrected chi connectivity index (χ3v) is 2.41. The van der Waals surface area contributed by atoms with Crippen LogP contribution in [-0.4, -0.2) is 20.5 Å². The van der Waals surface area contributed by atoms with Crippen LogP contribution in [0.4, 0.5) is 0 Å². The Bertz CT molecular complexity index is 307. The van der Waals surface area contributed by atoms with Gasteiger partial charge in [0.15, 0.2) is 0 Å². The van der Waals surface area contributed by atoms with Crippen LogP contribution < -0.4 is 0 Å². The van der Waals surface area contributed by atoms with Crippen molar-refractivity contribution in [3.8, 4) is 0 Å². The first-order chi connectivity index (χ1) is 7.27. The molecule has 0 saturated carbocycles. The third kappa shape index (κ3) is 3.81. The van der Waals surface area contributed by atoms with E-state index in [1.807, 2.05) is 6.92 Å². The summed E-state index contributed by atoms with van der Waals surface area (Å²) < 4.78 is 1.78. The molecule has 0 fully saturated rings. The van der Waals surface area contributed by atoms with Gasteiger partial charge in [-0.15, -0.1) is 0 Å². The summed E-state index contributed by atoms with van der Waals surface area (Å²) >= 11 is 0. The van der Waals surface area contributed by atoms with Crippen molar-refractivity contribution >= 4 is 5.78 Å². The average molecular weight is 209 g/mol. The lowest BCUT2D eigenvalue weighted by atomic mass is 10.1. The summed E-state index contributed by atoms with van der Waals surface area (Å²) in [5, 5.41) is 4.04. The molecule has 1 heterocycles. The van der Waals surface area contributed by atoms with E-state index in [1.165, 1.54) is 6.33 Å². The highest BCUT2D eigenvalue weighted by Crippen LogP contribution is 2.04. The van der Waals surface area contributed by atoms with E-state index in [1.54, 1.807) is 4.68 Å². The van der Waals surface area contributed by atoms with E-state index < -0.39 is 0 Å². The minimum Gasteiger partial charge on any atom is -0.299 e. The molecule has 0 radical (unpaired) electrons. The summed E-state index contributed by atoms with van der Waals surface area (Å²) in [5.74, 6) is 1.06. The molecule has 4 nitrogen and oxygen atoms in total. The van der Waals surface area contributed by atoms with Gasteiger partial charge in [0.2, 0.25) is 0 Å². The van der Waals surface area contributed by atoms with E-state index in [9.17, 15) is 4.79 Å². The first-order valence-corrected chi connectivity index (χ1v) is 5.66. The summed E-state index contributed by atoms with van der Waals surface area (Å²) in [6, 6.07) is 0. The zero-order valence-corrected chi connectivity index (χ0v) is 9.57. The fourth-order valence-electron chi connectivity index (χ4n) is 1.53. The predicted octanol–water partition coefficient (Wildman–Crippen LogP) is 1.99. The van der Waals surface area contributed by atoms with Crippen LogP contribution in [0.15, 0.2) is 6.33 Å². The van der Waals surface area contributed by atoms with Gasteiger partial charge in [0, 0.05) is 13.0 Å². The standard InChI is InChI=1S/C11H19N3O/c1-3-5-6-7-10(15)8-11-12-9-13-14(11)4-2/h9H,3-8H2,1-2H3. The molecule has 0 aromatic carbocycles. The largest absolute Gasteiger partial charge is 0.299 e. The summed E-state index contributed by atoms with van der Waals surface area (Å²) in [4.78, 5) is 15.7. The van der Waals surface area contributed by atoms with Crippen LogP contribution in [0.1, 0.15) is 45.4 Å². The molecule has 0 bridgehead atoms. The van der Waals surface area contributed by atoms with Crippen LogP contribution in [0.25, 0.3) is 0 Å². The van der Waals surface area contributed by atoms with Crippen molar-refractivity contribution in [2.24, 2.45) is 0 Å².